The Hall–Kier alpha value is -1.46. The van der Waals surface area contributed by atoms with Crippen molar-refractivity contribution in [3.63, 3.8) is 0 Å². The van der Waals surface area contributed by atoms with Gasteiger partial charge in [-0.15, -0.1) is 0 Å². The first-order valence-electron chi connectivity index (χ1n) is 6.63. The van der Waals surface area contributed by atoms with E-state index in [0.717, 1.165) is 37.8 Å². The van der Waals surface area contributed by atoms with Gasteiger partial charge in [0, 0.05) is 19.3 Å². The Morgan fingerprint density at radius 3 is 3.05 bits per heavy atom. The molecule has 2 heterocycles. The van der Waals surface area contributed by atoms with Crippen LogP contribution in [-0.2, 0) is 11.3 Å². The first-order chi connectivity index (χ1) is 9.22. The molecule has 2 rings (SSSR count). The van der Waals surface area contributed by atoms with Crippen molar-refractivity contribution in [3.8, 4) is 0 Å². The molecule has 104 valence electrons. The zero-order valence-corrected chi connectivity index (χ0v) is 11.6. The summed E-state index contributed by atoms with van der Waals surface area (Å²) in [5.74, 6) is 0.397. The molecule has 0 saturated carbocycles. The molecule has 5 heteroatoms. The van der Waals surface area contributed by atoms with E-state index in [4.69, 9.17) is 0 Å². The zero-order valence-electron chi connectivity index (χ0n) is 11.6. The number of methoxy groups -OCH3 is 1. The molecule has 0 bridgehead atoms. The van der Waals surface area contributed by atoms with Crippen LogP contribution in [0.15, 0.2) is 18.3 Å². The second kappa shape index (κ2) is 6.63. The van der Waals surface area contributed by atoms with Gasteiger partial charge in [-0.1, -0.05) is 0 Å². The van der Waals surface area contributed by atoms with E-state index in [9.17, 15) is 4.79 Å². The van der Waals surface area contributed by atoms with Gasteiger partial charge in [-0.2, -0.15) is 0 Å². The molecule has 1 aromatic rings. The summed E-state index contributed by atoms with van der Waals surface area (Å²) < 4.78 is 4.65. The number of carbonyl (C=O) groups is 1. The molecule has 0 radical (unpaired) electrons. The molecule has 5 nitrogen and oxygen atoms in total. The number of hydrogen-bond donors (Lipinski definition) is 1. The van der Waals surface area contributed by atoms with Crippen LogP contribution in [0, 0.1) is 5.92 Å². The number of pyridine rings is 1. The lowest BCUT2D eigenvalue weighted by atomic mass is 10.1. The Bertz CT molecular complexity index is 419. The maximum atomic E-state index is 11.3. The predicted octanol–water partition coefficient (Wildman–Crippen LogP) is 0.909. The SMILES string of the molecule is CNCC1CCN(Cc2ccc(C(=O)OC)cn2)C1. The Morgan fingerprint density at radius 2 is 2.42 bits per heavy atom. The Morgan fingerprint density at radius 1 is 1.58 bits per heavy atom. The van der Waals surface area contributed by atoms with Gasteiger partial charge >= 0.3 is 5.97 Å². The van der Waals surface area contributed by atoms with Crippen LogP contribution in [0.1, 0.15) is 22.5 Å². The van der Waals surface area contributed by atoms with Crippen LogP contribution in [0.5, 0.6) is 0 Å². The molecule has 0 aliphatic carbocycles. The second-order valence-corrected chi connectivity index (χ2v) is 4.98. The highest BCUT2D eigenvalue weighted by atomic mass is 16.5. The molecule has 1 atom stereocenters. The topological polar surface area (TPSA) is 54.5 Å². The van der Waals surface area contributed by atoms with E-state index >= 15 is 0 Å². The lowest BCUT2D eigenvalue weighted by Gasteiger charge is -2.15. The summed E-state index contributed by atoms with van der Waals surface area (Å²) in [6, 6.07) is 3.67. The van der Waals surface area contributed by atoms with E-state index in [0.29, 0.717) is 5.56 Å². The lowest BCUT2D eigenvalue weighted by Crippen LogP contribution is -2.24. The van der Waals surface area contributed by atoms with Gasteiger partial charge in [-0.3, -0.25) is 9.88 Å². The van der Waals surface area contributed by atoms with Crippen molar-refractivity contribution in [3.05, 3.63) is 29.6 Å². The Labute approximate surface area is 114 Å². The fourth-order valence-electron chi connectivity index (χ4n) is 2.50. The third kappa shape index (κ3) is 3.75. The summed E-state index contributed by atoms with van der Waals surface area (Å²) in [7, 11) is 3.37. The smallest absolute Gasteiger partial charge is 0.339 e. The third-order valence-electron chi connectivity index (χ3n) is 3.49. The number of aromatic nitrogens is 1. The number of likely N-dealkylation sites (tertiary alicyclic amines) is 1. The first-order valence-corrected chi connectivity index (χ1v) is 6.63. The minimum atomic E-state index is -0.339. The highest BCUT2D eigenvalue weighted by molar-refractivity contribution is 5.88. The van der Waals surface area contributed by atoms with Crippen molar-refractivity contribution in [1.82, 2.24) is 15.2 Å². The quantitative estimate of drug-likeness (QED) is 0.800. The largest absolute Gasteiger partial charge is 0.465 e. The Kier molecular flexibility index (Phi) is 4.87. The number of esters is 1. The average Bonchev–Trinajstić information content (AvgIpc) is 2.86. The molecule has 1 unspecified atom stereocenters. The molecule has 1 fully saturated rings. The molecule has 1 aliphatic rings. The van der Waals surface area contributed by atoms with Crippen LogP contribution >= 0.6 is 0 Å². The van der Waals surface area contributed by atoms with Crippen LogP contribution in [0.4, 0.5) is 0 Å². The Balaban J connectivity index is 1.88. The first kappa shape index (κ1) is 14.0. The highest BCUT2D eigenvalue weighted by Gasteiger charge is 2.21. The number of nitrogens with zero attached hydrogens (tertiary/aromatic N) is 2. The minimum Gasteiger partial charge on any atom is -0.465 e. The van der Waals surface area contributed by atoms with E-state index in [1.54, 1.807) is 12.3 Å². The van der Waals surface area contributed by atoms with Crippen LogP contribution in [0.2, 0.25) is 0 Å². The number of ether oxygens (including phenoxy) is 1. The monoisotopic (exact) mass is 263 g/mol. The molecule has 0 aromatic carbocycles. The van der Waals surface area contributed by atoms with Crippen LogP contribution in [0.25, 0.3) is 0 Å². The van der Waals surface area contributed by atoms with Gasteiger partial charge in [-0.25, -0.2) is 4.79 Å². The van der Waals surface area contributed by atoms with E-state index < -0.39 is 0 Å². The van der Waals surface area contributed by atoms with Gasteiger partial charge in [0.25, 0.3) is 0 Å². The van der Waals surface area contributed by atoms with Crippen molar-refractivity contribution in [2.75, 3.05) is 33.8 Å². The molecule has 0 spiro atoms. The van der Waals surface area contributed by atoms with E-state index in [1.165, 1.54) is 13.5 Å². The second-order valence-electron chi connectivity index (χ2n) is 4.98. The number of carbonyl (C=O) groups excluding carboxylic acids is 1. The van der Waals surface area contributed by atoms with E-state index in [2.05, 4.69) is 19.9 Å². The van der Waals surface area contributed by atoms with Crippen molar-refractivity contribution >= 4 is 5.97 Å². The van der Waals surface area contributed by atoms with Gasteiger partial charge in [0.1, 0.15) is 0 Å². The molecular weight excluding hydrogens is 242 g/mol. The number of hydrogen-bond acceptors (Lipinski definition) is 5. The van der Waals surface area contributed by atoms with E-state index in [1.807, 2.05) is 13.1 Å². The number of rotatable bonds is 5. The summed E-state index contributed by atoms with van der Waals surface area (Å²) in [5, 5.41) is 3.23. The van der Waals surface area contributed by atoms with Gasteiger partial charge in [-0.05, 0) is 44.6 Å². The van der Waals surface area contributed by atoms with Crippen LogP contribution in [-0.4, -0.2) is 49.6 Å². The van der Waals surface area contributed by atoms with Gasteiger partial charge in [0.2, 0.25) is 0 Å². The molecule has 1 N–H and O–H groups in total. The third-order valence-corrected chi connectivity index (χ3v) is 3.49. The van der Waals surface area contributed by atoms with E-state index in [-0.39, 0.29) is 5.97 Å². The summed E-state index contributed by atoms with van der Waals surface area (Å²) in [5.41, 5.74) is 1.50. The maximum absolute atomic E-state index is 11.3. The molecule has 19 heavy (non-hydrogen) atoms. The van der Waals surface area contributed by atoms with Crippen molar-refractivity contribution in [2.45, 2.75) is 13.0 Å². The fourth-order valence-corrected chi connectivity index (χ4v) is 2.50. The predicted molar refractivity (Wildman–Crippen MR) is 72.9 cm³/mol. The summed E-state index contributed by atoms with van der Waals surface area (Å²) in [4.78, 5) is 18.0. The van der Waals surface area contributed by atoms with Crippen molar-refractivity contribution < 1.29 is 9.53 Å². The fraction of sp³-hybridized carbons (Fsp3) is 0.571. The zero-order chi connectivity index (χ0) is 13.7. The highest BCUT2D eigenvalue weighted by Crippen LogP contribution is 2.17. The molecule has 1 aliphatic heterocycles. The normalized spacial score (nSPS) is 19.6. The maximum Gasteiger partial charge on any atom is 0.339 e. The van der Waals surface area contributed by atoms with Crippen molar-refractivity contribution in [1.29, 1.82) is 0 Å². The van der Waals surface area contributed by atoms with Gasteiger partial charge in [0.15, 0.2) is 0 Å². The summed E-state index contributed by atoms with van der Waals surface area (Å²) in [6.07, 6.45) is 2.82. The molecular formula is C14H21N3O2. The van der Waals surface area contributed by atoms with Gasteiger partial charge < -0.3 is 10.1 Å². The summed E-state index contributed by atoms with van der Waals surface area (Å²) >= 11 is 0. The van der Waals surface area contributed by atoms with Gasteiger partial charge in [0.05, 0.1) is 18.4 Å². The standard InChI is InChI=1S/C14H21N3O2/c1-15-7-11-5-6-17(9-11)10-13-4-3-12(8-16-13)14(18)19-2/h3-4,8,11,15H,5-7,9-10H2,1-2H3. The van der Waals surface area contributed by atoms with Crippen LogP contribution < -0.4 is 5.32 Å². The van der Waals surface area contributed by atoms with Crippen LogP contribution in [0.3, 0.4) is 0 Å². The minimum absolute atomic E-state index is 0.339. The average molecular weight is 263 g/mol. The molecule has 0 amide bonds. The number of nitrogens with one attached hydrogen (secondary N) is 1. The molecule has 1 saturated heterocycles. The lowest BCUT2D eigenvalue weighted by molar-refractivity contribution is 0.0600. The van der Waals surface area contributed by atoms with Crippen molar-refractivity contribution in [2.24, 2.45) is 5.92 Å². The molecule has 1 aromatic heterocycles. The summed E-state index contributed by atoms with van der Waals surface area (Å²) in [6.45, 7) is 4.15.